The second kappa shape index (κ2) is 39.1. The van der Waals surface area contributed by atoms with E-state index in [0.717, 1.165) is 56.4 Å². The van der Waals surface area contributed by atoms with Gasteiger partial charge in [0.05, 0.1) is 42.5 Å². The first-order valence-electron chi connectivity index (χ1n) is 27.1. The number of carboxylic acid groups (broad SMARTS) is 1. The van der Waals surface area contributed by atoms with Crippen LogP contribution in [0.1, 0.15) is 118 Å². The van der Waals surface area contributed by atoms with E-state index in [4.69, 9.17) is 25.2 Å². The largest absolute Gasteiger partial charge is 0.507 e. The van der Waals surface area contributed by atoms with Gasteiger partial charge in [0, 0.05) is 40.6 Å². The second-order valence-electron chi connectivity index (χ2n) is 18.9. The number of nitrogens with zero attached hydrogens (tertiary/aromatic N) is 2. The molecule has 0 aliphatic carbocycles. The van der Waals surface area contributed by atoms with Crippen molar-refractivity contribution in [2.45, 2.75) is 121 Å². The minimum absolute atomic E-state index is 0.0197. The van der Waals surface area contributed by atoms with Crippen molar-refractivity contribution >= 4 is 76.1 Å². The number of aliphatic carboxylic acids is 1. The van der Waals surface area contributed by atoms with E-state index in [2.05, 4.69) is 57.6 Å². The normalized spacial score (nSPS) is 18.0. The fourth-order valence-corrected chi connectivity index (χ4v) is 8.92. The molecule has 9 rings (SSSR count). The molecule has 0 radical (unpaired) electrons. The first kappa shape index (κ1) is 67.9. The highest BCUT2D eigenvalue weighted by atomic mass is 127. The molecule has 20 heteroatoms. The highest BCUT2D eigenvalue weighted by molar-refractivity contribution is 14.1. The molecule has 5 aromatic rings. The quantitative estimate of drug-likeness (QED) is 0.0304. The van der Waals surface area contributed by atoms with Gasteiger partial charge in [-0.25, -0.2) is 4.79 Å². The summed E-state index contributed by atoms with van der Waals surface area (Å²) in [6, 6.07) is 37.3. The molecule has 4 heterocycles. The molecule has 81 heavy (non-hydrogen) atoms. The van der Waals surface area contributed by atoms with Crippen molar-refractivity contribution in [1.82, 2.24) is 16.0 Å². The van der Waals surface area contributed by atoms with E-state index in [-0.39, 0.29) is 90.0 Å². The average molecular weight is 1230 g/mol. The Bertz CT molecular complexity index is 2640. The highest BCUT2D eigenvalue weighted by Crippen LogP contribution is 2.30. The Morgan fingerprint density at radius 3 is 1.48 bits per heavy atom. The third-order valence-corrected chi connectivity index (χ3v) is 13.5. The maximum absolute atomic E-state index is 12.4. The highest BCUT2D eigenvalue weighted by Gasteiger charge is 2.31. The molecule has 438 valence electrons. The predicted molar refractivity (Wildman–Crippen MR) is 319 cm³/mol. The van der Waals surface area contributed by atoms with Crippen LogP contribution < -0.4 is 30.5 Å². The maximum atomic E-state index is 12.4. The van der Waals surface area contributed by atoms with E-state index in [1.807, 2.05) is 85.9 Å². The van der Waals surface area contributed by atoms with Crippen LogP contribution in [-0.2, 0) is 24.0 Å². The molecule has 4 aliphatic rings. The summed E-state index contributed by atoms with van der Waals surface area (Å²) < 4.78 is 7.06. The number of halogens is 1. The lowest BCUT2D eigenvalue weighted by molar-refractivity contribution is -0.143. The monoisotopic (exact) mass is 1230 g/mol. The van der Waals surface area contributed by atoms with Gasteiger partial charge in [0.25, 0.3) is 0 Å². The molecular weight excluding hydrogens is 1150 g/mol. The van der Waals surface area contributed by atoms with Gasteiger partial charge in [0.1, 0.15) is 35.6 Å². The van der Waals surface area contributed by atoms with Crippen LogP contribution in [-0.4, -0.2) is 130 Å². The van der Waals surface area contributed by atoms with Crippen LogP contribution in [0.15, 0.2) is 127 Å². The predicted octanol–water partition coefficient (Wildman–Crippen LogP) is 8.33. The Balaban J connectivity index is 0.000000263. The Morgan fingerprint density at radius 2 is 1.09 bits per heavy atom. The molecule has 9 N–H and O–H groups in total. The third kappa shape index (κ3) is 24.9. The van der Waals surface area contributed by atoms with Crippen LogP contribution in [0.2, 0.25) is 0 Å². The number of aldehydes is 2. The first-order valence-corrected chi connectivity index (χ1v) is 28.2. The number of aliphatic hydroxyl groups excluding tert-OH is 2. The second-order valence-corrected chi connectivity index (χ2v) is 20.1. The summed E-state index contributed by atoms with van der Waals surface area (Å²) in [7, 11) is 1.98. The van der Waals surface area contributed by atoms with Gasteiger partial charge in [-0.05, 0) is 155 Å². The van der Waals surface area contributed by atoms with Crippen LogP contribution in [0.4, 0.5) is 11.4 Å². The van der Waals surface area contributed by atoms with Crippen molar-refractivity contribution in [3.05, 3.63) is 142 Å². The molecular formula is C61H78IN5O14. The zero-order chi connectivity index (χ0) is 59.4. The molecule has 4 amide bonds. The zero-order valence-corrected chi connectivity index (χ0v) is 48.2. The fraction of sp³-hybridized carbons (Fsp3) is 0.393. The lowest BCUT2D eigenvalue weighted by atomic mass is 10.0. The third-order valence-electron chi connectivity index (χ3n) is 12.8. The standard InChI is InChI=1S/C19H19NO4.C12H15NO2.C7H6O3.C6H5I.C6H9NO3.C6H11NO2.C5H13N/c21-12-16-17(22)9-5-10-18(16)24-13-15-8-4-11-19(23)20(15)14-6-2-1-3-7-14;14-9-11-7-4-8-12(15)13(11)10-5-2-1-3-6-10;8-4-5-6(9)2-1-3-7(5)10;7-6-4-2-1-3-5-6;8-5-3-1-2-4(7-5)6(9)10;8-4-5-2-1-3-6(9)7-5;1-3-4-5-6-2/h1-3,5-7,9-10,12,15,22H,4,8,11,13H2;1-3,5-6,11,14H,4,7-9H2;1-4,9-10H;1-5H;4H,1-3H2,(H,7,8)(H,9,10);5,8H,1-4H2,(H,7,9);6H,3-5H2,1-2H3/t15-;11-;;;4-;5-;/m00..00./s1. The van der Waals surface area contributed by atoms with Gasteiger partial charge in [-0.15, -0.1) is 0 Å². The number of aliphatic hydroxyl groups is 2. The number of ether oxygens (including phenoxy) is 1. The minimum Gasteiger partial charge on any atom is -0.507 e. The lowest BCUT2D eigenvalue weighted by Gasteiger charge is -2.35. The van der Waals surface area contributed by atoms with Gasteiger partial charge < -0.3 is 61.1 Å². The summed E-state index contributed by atoms with van der Waals surface area (Å²) >= 11 is 2.28. The summed E-state index contributed by atoms with van der Waals surface area (Å²) in [6.07, 6.45) is 12.3. The first-order chi connectivity index (χ1) is 39.1. The number of carbonyl (C=O) groups excluding carboxylic acids is 6. The van der Waals surface area contributed by atoms with E-state index in [0.29, 0.717) is 56.8 Å². The van der Waals surface area contributed by atoms with E-state index in [1.165, 1.54) is 40.7 Å². The molecule has 0 unspecified atom stereocenters. The van der Waals surface area contributed by atoms with Crippen LogP contribution >= 0.6 is 22.6 Å². The number of phenols is 3. The van der Waals surface area contributed by atoms with Crippen molar-refractivity contribution in [2.24, 2.45) is 0 Å². The fourth-order valence-electron chi connectivity index (χ4n) is 8.50. The number of phenolic OH excluding ortho intramolecular Hbond substituents is 3. The molecule has 0 saturated carbocycles. The van der Waals surface area contributed by atoms with Gasteiger partial charge in [0.15, 0.2) is 12.6 Å². The summed E-state index contributed by atoms with van der Waals surface area (Å²) in [4.78, 5) is 80.4. The van der Waals surface area contributed by atoms with Crippen molar-refractivity contribution < 1.29 is 68.9 Å². The molecule has 4 aliphatic heterocycles. The number of anilines is 2. The molecule has 4 saturated heterocycles. The number of aromatic hydroxyl groups is 3. The summed E-state index contributed by atoms with van der Waals surface area (Å²) in [6.45, 7) is 3.74. The Morgan fingerprint density at radius 1 is 0.617 bits per heavy atom. The molecule has 19 nitrogen and oxygen atoms in total. The number of unbranched alkanes of at least 4 members (excludes halogenated alkanes) is 1. The molecule has 0 spiro atoms. The smallest absolute Gasteiger partial charge is 0.326 e. The van der Waals surface area contributed by atoms with Crippen molar-refractivity contribution in [3.8, 4) is 23.0 Å². The van der Waals surface area contributed by atoms with Gasteiger partial charge in [-0.1, -0.05) is 80.1 Å². The van der Waals surface area contributed by atoms with E-state index < -0.39 is 12.0 Å². The lowest BCUT2D eigenvalue weighted by Crippen LogP contribution is -2.47. The number of hydrogen-bond acceptors (Lipinski definition) is 14. The number of carbonyl (C=O) groups is 7. The Labute approximate surface area is 487 Å². The summed E-state index contributed by atoms with van der Waals surface area (Å²) in [5.41, 5.74) is 1.80. The van der Waals surface area contributed by atoms with Crippen molar-refractivity contribution in [1.29, 1.82) is 0 Å². The number of amides is 4. The van der Waals surface area contributed by atoms with Crippen LogP contribution in [0, 0.1) is 3.57 Å². The van der Waals surface area contributed by atoms with E-state index in [9.17, 15) is 43.8 Å². The van der Waals surface area contributed by atoms with Gasteiger partial charge in [-0.3, -0.25) is 28.8 Å². The topological polar surface area (TPSA) is 293 Å². The number of para-hydroxylation sites is 2. The summed E-state index contributed by atoms with van der Waals surface area (Å²) in [5.74, 6) is -1.01. The van der Waals surface area contributed by atoms with Gasteiger partial charge in [-0.2, -0.15) is 0 Å². The number of carboxylic acids is 1. The molecule has 0 bridgehead atoms. The van der Waals surface area contributed by atoms with Crippen LogP contribution in [0.25, 0.3) is 0 Å². The van der Waals surface area contributed by atoms with E-state index in [1.54, 1.807) is 21.9 Å². The molecule has 4 atom stereocenters. The molecule has 5 aromatic carbocycles. The Hall–Kier alpha value is -7.40. The Kier molecular flexibility index (Phi) is 32.7. The SMILES string of the molecule is CCCCNC.Ic1ccccc1.O=C1CCC[C@@H](C(=O)O)N1.O=C1CCC[C@@H](CO)N1.O=C1CCC[C@@H](CO)N1c1ccccc1.O=Cc1c(O)cccc1O.O=Cc1c(O)cccc1OC[C@@H]1CCCC(=O)N1c1ccccc1. The van der Waals surface area contributed by atoms with Crippen LogP contribution in [0.3, 0.4) is 0 Å². The number of hydrogen-bond donors (Lipinski definition) is 9. The zero-order valence-electron chi connectivity index (χ0n) is 46.0. The minimum atomic E-state index is -0.937. The number of rotatable bonds is 13. The van der Waals surface area contributed by atoms with Crippen LogP contribution in [0.5, 0.6) is 23.0 Å². The van der Waals surface area contributed by atoms with E-state index >= 15 is 0 Å². The molecule has 4 fully saturated rings. The van der Waals surface area contributed by atoms with Gasteiger partial charge in [0.2, 0.25) is 23.6 Å². The number of nitrogens with one attached hydrogen (secondary N) is 3. The van der Waals surface area contributed by atoms with Gasteiger partial charge >= 0.3 is 5.97 Å². The van der Waals surface area contributed by atoms with Crippen molar-refractivity contribution in [2.75, 3.05) is 43.2 Å². The summed E-state index contributed by atoms with van der Waals surface area (Å²) in [5, 5.41) is 61.9. The maximum Gasteiger partial charge on any atom is 0.326 e. The average Bonchev–Trinajstić information content (AvgIpc) is 3.48. The van der Waals surface area contributed by atoms with Crippen molar-refractivity contribution in [3.63, 3.8) is 0 Å². The molecule has 0 aromatic heterocycles. The number of benzene rings is 5. The number of piperidine rings is 4.